The maximum absolute atomic E-state index is 15.7. The van der Waals surface area contributed by atoms with Crippen molar-refractivity contribution in [1.29, 1.82) is 0 Å². The summed E-state index contributed by atoms with van der Waals surface area (Å²) in [7, 11) is 2.14. The molecule has 0 radical (unpaired) electrons. The molecule has 0 aliphatic carbocycles. The van der Waals surface area contributed by atoms with Crippen LogP contribution in [0.5, 0.6) is 5.75 Å². The van der Waals surface area contributed by atoms with Crippen LogP contribution in [0.4, 0.5) is 8.78 Å². The minimum absolute atomic E-state index is 0.155. The first-order valence-electron chi connectivity index (χ1n) is 14.4. The Morgan fingerprint density at radius 3 is 2.49 bits per heavy atom. The molecule has 2 N–H and O–H groups in total. The van der Waals surface area contributed by atoms with Crippen molar-refractivity contribution in [3.05, 3.63) is 130 Å². The highest BCUT2D eigenvalue weighted by atomic mass is 19.1. The number of pyridine rings is 1. The topological polar surface area (TPSA) is 74.2 Å². The number of rotatable bonds is 5. The van der Waals surface area contributed by atoms with Crippen molar-refractivity contribution in [2.45, 2.75) is 24.8 Å². The summed E-state index contributed by atoms with van der Waals surface area (Å²) in [4.78, 5) is 24.1. The number of imidazole rings is 1. The van der Waals surface area contributed by atoms with Crippen LogP contribution < -0.4 is 5.56 Å². The average molecular weight is 577 g/mol. The zero-order chi connectivity index (χ0) is 29.7. The van der Waals surface area contributed by atoms with Gasteiger partial charge in [-0.2, -0.15) is 0 Å². The van der Waals surface area contributed by atoms with Crippen molar-refractivity contribution in [3.63, 3.8) is 0 Å². The van der Waals surface area contributed by atoms with Gasteiger partial charge in [0.25, 0.3) is 5.56 Å². The van der Waals surface area contributed by atoms with Gasteiger partial charge < -0.3 is 19.6 Å². The van der Waals surface area contributed by atoms with Crippen LogP contribution in [0.1, 0.15) is 41.8 Å². The molecule has 6 nitrogen and oxygen atoms in total. The van der Waals surface area contributed by atoms with E-state index in [0.29, 0.717) is 28.2 Å². The number of nitrogens with zero attached hydrogens (tertiary/aromatic N) is 3. The summed E-state index contributed by atoms with van der Waals surface area (Å²) >= 11 is 0. The van der Waals surface area contributed by atoms with Gasteiger partial charge in [0.15, 0.2) is 0 Å². The summed E-state index contributed by atoms with van der Waals surface area (Å²) in [6.07, 6.45) is 3.79. The zero-order valence-corrected chi connectivity index (χ0v) is 23.6. The highest BCUT2D eigenvalue weighted by Gasteiger charge is 2.26. The summed E-state index contributed by atoms with van der Waals surface area (Å²) in [5.74, 6) is -0.430. The van der Waals surface area contributed by atoms with E-state index in [1.54, 1.807) is 18.3 Å². The number of likely N-dealkylation sites (tertiary alicyclic amines) is 1. The Kier molecular flexibility index (Phi) is 6.78. The standard InChI is InChI=1S/C35H30F2N4O2/c1-40-15-12-22(13-16-40)21-6-8-23(9-7-21)26-18-24-14-17-41(35(43)27(24)20-29(26)37)33(28-19-25(36)10-11-32(28)42)34-38-30-4-2-3-5-31(30)39-34/h2-11,14,17-20,22,33,42H,12-13,15-16H2,1H3,(H,38,39). The van der Waals surface area contributed by atoms with Crippen LogP contribution >= 0.6 is 0 Å². The van der Waals surface area contributed by atoms with Crippen molar-refractivity contribution in [2.75, 3.05) is 20.1 Å². The number of aromatic hydroxyl groups is 1. The number of para-hydroxylation sites is 2. The normalized spacial score (nSPS) is 15.3. The number of aromatic amines is 1. The summed E-state index contributed by atoms with van der Waals surface area (Å²) in [5.41, 5.74) is 3.46. The number of piperidine rings is 1. The molecule has 2 aromatic heterocycles. The molecule has 6 aromatic rings. The smallest absolute Gasteiger partial charge is 0.259 e. The van der Waals surface area contributed by atoms with E-state index in [4.69, 9.17) is 0 Å². The van der Waals surface area contributed by atoms with Crippen LogP contribution in [0, 0.1) is 11.6 Å². The Labute approximate surface area is 246 Å². The molecule has 7 rings (SSSR count). The van der Waals surface area contributed by atoms with E-state index in [9.17, 15) is 14.3 Å². The lowest BCUT2D eigenvalue weighted by Crippen LogP contribution is -2.29. The largest absolute Gasteiger partial charge is 0.508 e. The van der Waals surface area contributed by atoms with E-state index in [1.807, 2.05) is 36.4 Å². The van der Waals surface area contributed by atoms with Gasteiger partial charge in [-0.15, -0.1) is 0 Å². The molecule has 1 atom stereocenters. The van der Waals surface area contributed by atoms with Crippen LogP contribution in [-0.4, -0.2) is 44.7 Å². The Morgan fingerprint density at radius 1 is 0.953 bits per heavy atom. The molecule has 0 saturated carbocycles. The van der Waals surface area contributed by atoms with Gasteiger partial charge in [0, 0.05) is 17.3 Å². The number of nitrogens with one attached hydrogen (secondary N) is 1. The lowest BCUT2D eigenvalue weighted by Gasteiger charge is -2.29. The number of hydrogen-bond acceptors (Lipinski definition) is 4. The lowest BCUT2D eigenvalue weighted by atomic mass is 9.88. The molecule has 8 heteroatoms. The highest BCUT2D eigenvalue weighted by Crippen LogP contribution is 2.34. The molecule has 0 bridgehead atoms. The number of benzene rings is 4. The molecule has 0 spiro atoms. The fraction of sp³-hybridized carbons (Fsp3) is 0.200. The van der Waals surface area contributed by atoms with E-state index >= 15 is 4.39 Å². The summed E-state index contributed by atoms with van der Waals surface area (Å²) in [6.45, 7) is 2.14. The van der Waals surface area contributed by atoms with Gasteiger partial charge in [0.05, 0.1) is 16.4 Å². The molecule has 1 fully saturated rings. The molecular formula is C35H30F2N4O2. The van der Waals surface area contributed by atoms with Crippen molar-refractivity contribution < 1.29 is 13.9 Å². The highest BCUT2D eigenvalue weighted by molar-refractivity contribution is 5.87. The number of phenolic OH excluding ortho intramolecular Hbond substituents is 1. The number of fused-ring (bicyclic) bond motifs is 2. The third-order valence-corrected chi connectivity index (χ3v) is 8.66. The van der Waals surface area contributed by atoms with Crippen molar-refractivity contribution in [1.82, 2.24) is 19.4 Å². The molecule has 1 aliphatic heterocycles. The van der Waals surface area contributed by atoms with Crippen LogP contribution in [0.15, 0.2) is 95.9 Å². The van der Waals surface area contributed by atoms with Crippen molar-refractivity contribution in [2.24, 2.45) is 0 Å². The fourth-order valence-corrected chi connectivity index (χ4v) is 6.26. The lowest BCUT2D eigenvalue weighted by molar-refractivity contribution is 0.255. The number of aromatic nitrogens is 3. The summed E-state index contributed by atoms with van der Waals surface area (Å²) < 4.78 is 31.4. The van der Waals surface area contributed by atoms with E-state index in [2.05, 4.69) is 34.0 Å². The first-order chi connectivity index (χ1) is 20.9. The van der Waals surface area contributed by atoms with Gasteiger partial charge >= 0.3 is 0 Å². The average Bonchev–Trinajstić information content (AvgIpc) is 3.44. The third kappa shape index (κ3) is 4.97. The predicted octanol–water partition coefficient (Wildman–Crippen LogP) is 6.98. The Balaban J connectivity index is 1.31. The molecule has 4 aromatic carbocycles. The molecule has 0 amide bonds. The Bertz CT molecular complexity index is 1990. The van der Waals surface area contributed by atoms with Gasteiger partial charge in [-0.3, -0.25) is 4.79 Å². The molecule has 43 heavy (non-hydrogen) atoms. The maximum Gasteiger partial charge on any atom is 0.259 e. The molecule has 3 heterocycles. The molecule has 1 saturated heterocycles. The van der Waals surface area contributed by atoms with Crippen molar-refractivity contribution in [3.8, 4) is 16.9 Å². The summed E-state index contributed by atoms with van der Waals surface area (Å²) in [6, 6.07) is 22.7. The molecule has 216 valence electrons. The van der Waals surface area contributed by atoms with E-state index < -0.39 is 23.2 Å². The second kappa shape index (κ2) is 10.8. The van der Waals surface area contributed by atoms with Crippen LogP contribution in [-0.2, 0) is 0 Å². The first-order valence-corrected chi connectivity index (χ1v) is 14.4. The van der Waals surface area contributed by atoms with E-state index in [0.717, 1.165) is 43.1 Å². The van der Waals surface area contributed by atoms with Gasteiger partial charge in [-0.25, -0.2) is 13.8 Å². The van der Waals surface area contributed by atoms with Gasteiger partial charge in [0.2, 0.25) is 0 Å². The number of H-pyrrole nitrogens is 1. The maximum atomic E-state index is 15.7. The zero-order valence-electron chi connectivity index (χ0n) is 23.6. The fourth-order valence-electron chi connectivity index (χ4n) is 6.26. The Hall–Kier alpha value is -4.82. The number of phenols is 1. The molecular weight excluding hydrogens is 546 g/mol. The number of halogens is 2. The van der Waals surface area contributed by atoms with Gasteiger partial charge in [-0.05, 0) is 104 Å². The first kappa shape index (κ1) is 27.0. The van der Waals surface area contributed by atoms with Crippen LogP contribution in [0.2, 0.25) is 0 Å². The SMILES string of the molecule is CN1CCC(c2ccc(-c3cc4ccn(C(c5nc6ccccc6[nH]5)c5cc(F)ccc5O)c(=O)c4cc3F)cc2)CC1. The van der Waals surface area contributed by atoms with Crippen LogP contribution in [0.25, 0.3) is 32.9 Å². The van der Waals surface area contributed by atoms with Gasteiger partial charge in [-0.1, -0.05) is 36.4 Å². The molecule has 1 aliphatic rings. The van der Waals surface area contributed by atoms with Crippen LogP contribution in [0.3, 0.4) is 0 Å². The van der Waals surface area contributed by atoms with E-state index in [1.165, 1.54) is 28.3 Å². The second-order valence-electron chi connectivity index (χ2n) is 11.4. The number of hydrogen-bond donors (Lipinski definition) is 2. The summed E-state index contributed by atoms with van der Waals surface area (Å²) in [5, 5.41) is 11.5. The monoisotopic (exact) mass is 576 g/mol. The van der Waals surface area contributed by atoms with Gasteiger partial charge in [0.1, 0.15) is 29.3 Å². The van der Waals surface area contributed by atoms with E-state index in [-0.39, 0.29) is 16.7 Å². The van der Waals surface area contributed by atoms with Crippen molar-refractivity contribution >= 4 is 21.8 Å². The Morgan fingerprint density at radius 2 is 1.72 bits per heavy atom. The minimum atomic E-state index is -0.991. The minimum Gasteiger partial charge on any atom is -0.508 e. The quantitative estimate of drug-likeness (QED) is 0.232. The third-order valence-electron chi connectivity index (χ3n) is 8.66. The molecule has 1 unspecified atom stereocenters. The predicted molar refractivity (Wildman–Crippen MR) is 164 cm³/mol. The second-order valence-corrected chi connectivity index (χ2v) is 11.4.